The zero-order chi connectivity index (χ0) is 21.8. The van der Waals surface area contributed by atoms with Crippen LogP contribution in [0.25, 0.3) is 11.3 Å². The van der Waals surface area contributed by atoms with Gasteiger partial charge in [0.15, 0.2) is 17.8 Å². The summed E-state index contributed by atoms with van der Waals surface area (Å²) in [6.07, 6.45) is 2.69. The number of sulfonamides is 1. The number of oxazole rings is 1. The molecule has 0 spiro atoms. The molecule has 2 aromatic heterocycles. The maximum absolute atomic E-state index is 12.7. The Morgan fingerprint density at radius 3 is 2.55 bits per heavy atom. The highest BCUT2D eigenvalue weighted by atomic mass is 32.2. The molecule has 0 bridgehead atoms. The van der Waals surface area contributed by atoms with E-state index in [4.69, 9.17) is 8.83 Å². The van der Waals surface area contributed by atoms with Crippen molar-refractivity contribution < 1.29 is 22.0 Å². The molecule has 2 aromatic carbocycles. The number of hydrogen-bond donors (Lipinski definition) is 2. The zero-order valence-electron chi connectivity index (χ0n) is 16.5. The molecule has 0 aliphatic rings. The van der Waals surface area contributed by atoms with Crippen LogP contribution in [-0.4, -0.2) is 19.3 Å². The normalized spacial score (nSPS) is 11.4. The fourth-order valence-corrected chi connectivity index (χ4v) is 3.96. The van der Waals surface area contributed by atoms with Crippen LogP contribution in [0.3, 0.4) is 0 Å². The molecule has 0 unspecified atom stereocenters. The summed E-state index contributed by atoms with van der Waals surface area (Å²) in [5.74, 6) is 0.406. The maximum Gasteiger partial charge on any atom is 0.278 e. The largest absolute Gasteiger partial charge is 0.468 e. The second-order valence-corrected chi connectivity index (χ2v) is 8.55. The third-order valence-corrected chi connectivity index (χ3v) is 5.92. The summed E-state index contributed by atoms with van der Waals surface area (Å²) in [6.45, 7) is 1.99. The first-order valence-corrected chi connectivity index (χ1v) is 10.8. The summed E-state index contributed by atoms with van der Waals surface area (Å²) in [5.41, 5.74) is 2.33. The van der Waals surface area contributed by atoms with Crippen LogP contribution in [0.4, 0.5) is 5.69 Å². The van der Waals surface area contributed by atoms with E-state index in [-0.39, 0.29) is 17.1 Å². The van der Waals surface area contributed by atoms with Crippen molar-refractivity contribution >= 4 is 21.6 Å². The van der Waals surface area contributed by atoms with E-state index >= 15 is 0 Å². The van der Waals surface area contributed by atoms with E-state index in [0.717, 1.165) is 11.1 Å². The first-order valence-electron chi connectivity index (χ1n) is 9.36. The van der Waals surface area contributed by atoms with Gasteiger partial charge in [-0.25, -0.2) is 18.1 Å². The Balaban J connectivity index is 1.46. The van der Waals surface area contributed by atoms with Gasteiger partial charge in [0.1, 0.15) is 5.76 Å². The molecule has 0 saturated carbocycles. The summed E-state index contributed by atoms with van der Waals surface area (Å²) >= 11 is 0. The van der Waals surface area contributed by atoms with Gasteiger partial charge >= 0.3 is 0 Å². The summed E-state index contributed by atoms with van der Waals surface area (Å²) < 4.78 is 37.8. The van der Waals surface area contributed by atoms with E-state index in [9.17, 15) is 13.2 Å². The minimum Gasteiger partial charge on any atom is -0.468 e. The topological polar surface area (TPSA) is 114 Å². The summed E-state index contributed by atoms with van der Waals surface area (Å²) in [5, 5.41) is 2.71. The number of amides is 1. The Morgan fingerprint density at radius 2 is 1.84 bits per heavy atom. The van der Waals surface area contributed by atoms with Gasteiger partial charge in [0.05, 0.1) is 17.7 Å². The lowest BCUT2D eigenvalue weighted by Crippen LogP contribution is -2.23. The molecular formula is C22H19N3O5S. The Kier molecular flexibility index (Phi) is 5.70. The van der Waals surface area contributed by atoms with Crippen molar-refractivity contribution in [2.24, 2.45) is 0 Å². The van der Waals surface area contributed by atoms with E-state index in [1.807, 2.05) is 31.2 Å². The molecule has 0 atom stereocenters. The van der Waals surface area contributed by atoms with Crippen molar-refractivity contribution in [2.75, 3.05) is 5.32 Å². The second-order valence-electron chi connectivity index (χ2n) is 6.78. The third-order valence-electron chi connectivity index (χ3n) is 4.50. The highest BCUT2D eigenvalue weighted by Gasteiger charge is 2.19. The lowest BCUT2D eigenvalue weighted by molar-refractivity contribution is 0.102. The van der Waals surface area contributed by atoms with Gasteiger partial charge < -0.3 is 14.2 Å². The number of nitrogens with zero attached hydrogens (tertiary/aromatic N) is 1. The molecule has 158 valence electrons. The van der Waals surface area contributed by atoms with Crippen LogP contribution >= 0.6 is 0 Å². The van der Waals surface area contributed by atoms with Gasteiger partial charge in [-0.05, 0) is 49.4 Å². The van der Waals surface area contributed by atoms with Gasteiger partial charge in [0.2, 0.25) is 10.0 Å². The quantitative estimate of drug-likeness (QED) is 0.452. The van der Waals surface area contributed by atoms with Crippen LogP contribution < -0.4 is 10.0 Å². The number of furan rings is 1. The Hall–Kier alpha value is -3.69. The fourth-order valence-electron chi connectivity index (χ4n) is 2.97. The average Bonchev–Trinajstić information content (AvgIpc) is 3.45. The first-order chi connectivity index (χ1) is 14.9. The van der Waals surface area contributed by atoms with Crippen LogP contribution in [0.1, 0.15) is 21.8 Å². The molecule has 0 radical (unpaired) electrons. The second kappa shape index (κ2) is 8.58. The monoisotopic (exact) mass is 437 g/mol. The molecule has 0 aliphatic heterocycles. The van der Waals surface area contributed by atoms with Crippen molar-refractivity contribution in [3.05, 3.63) is 90.3 Å². The van der Waals surface area contributed by atoms with Gasteiger partial charge in [-0.2, -0.15) is 0 Å². The number of carbonyl (C=O) groups is 1. The Bertz CT molecular complexity index is 1290. The van der Waals surface area contributed by atoms with Gasteiger partial charge in [-0.3, -0.25) is 4.79 Å². The van der Waals surface area contributed by atoms with Crippen LogP contribution in [-0.2, 0) is 16.6 Å². The lowest BCUT2D eigenvalue weighted by atomic mass is 10.1. The SMILES string of the molecule is Cc1cccc(-c2ocnc2C(=O)Nc2ccc(S(=O)(=O)NCc3ccco3)cc2)c1. The summed E-state index contributed by atoms with van der Waals surface area (Å²) in [4.78, 5) is 16.8. The van der Waals surface area contributed by atoms with Gasteiger partial charge in [0, 0.05) is 11.3 Å². The standard InChI is InChI=1S/C22H19N3O5S/c1-15-4-2-5-16(12-15)21-20(23-14-30-21)22(26)25-17-7-9-19(10-8-17)31(27,28)24-13-18-6-3-11-29-18/h2-12,14,24H,13H2,1H3,(H,25,26). The van der Waals surface area contributed by atoms with E-state index in [0.29, 0.717) is 17.2 Å². The molecule has 4 aromatic rings. The molecule has 2 N–H and O–H groups in total. The molecule has 4 rings (SSSR count). The third kappa shape index (κ3) is 4.73. The fraction of sp³-hybridized carbons (Fsp3) is 0.0909. The molecule has 31 heavy (non-hydrogen) atoms. The van der Waals surface area contributed by atoms with Crippen LogP contribution in [0.15, 0.2) is 87.1 Å². The maximum atomic E-state index is 12.7. The Morgan fingerprint density at radius 1 is 1.03 bits per heavy atom. The van der Waals surface area contributed by atoms with Gasteiger partial charge in [0.25, 0.3) is 5.91 Å². The van der Waals surface area contributed by atoms with Gasteiger partial charge in [-0.1, -0.05) is 23.8 Å². The molecule has 0 fully saturated rings. The lowest BCUT2D eigenvalue weighted by Gasteiger charge is -2.08. The number of rotatable bonds is 7. The number of carbonyl (C=O) groups excluding carboxylic acids is 1. The predicted octanol–water partition coefficient (Wildman–Crippen LogP) is 3.97. The number of aryl methyl sites for hydroxylation is 1. The van der Waals surface area contributed by atoms with Crippen LogP contribution in [0, 0.1) is 6.92 Å². The number of anilines is 1. The summed E-state index contributed by atoms with van der Waals surface area (Å²) in [7, 11) is -3.72. The van der Waals surface area contributed by atoms with Gasteiger partial charge in [-0.15, -0.1) is 0 Å². The smallest absolute Gasteiger partial charge is 0.278 e. The molecule has 0 saturated heterocycles. The van der Waals surface area contributed by atoms with E-state index in [1.54, 1.807) is 12.1 Å². The summed E-state index contributed by atoms with van der Waals surface area (Å²) in [6, 6.07) is 16.7. The molecule has 2 heterocycles. The van der Waals surface area contributed by atoms with Crippen molar-refractivity contribution in [1.82, 2.24) is 9.71 Å². The van der Waals surface area contributed by atoms with Crippen molar-refractivity contribution in [3.63, 3.8) is 0 Å². The molecular weight excluding hydrogens is 418 g/mol. The highest BCUT2D eigenvalue weighted by molar-refractivity contribution is 7.89. The number of nitrogens with one attached hydrogen (secondary N) is 2. The zero-order valence-corrected chi connectivity index (χ0v) is 17.3. The van der Waals surface area contributed by atoms with Crippen molar-refractivity contribution in [1.29, 1.82) is 0 Å². The van der Waals surface area contributed by atoms with Crippen LogP contribution in [0.2, 0.25) is 0 Å². The minimum absolute atomic E-state index is 0.0434. The van der Waals surface area contributed by atoms with Crippen molar-refractivity contribution in [2.45, 2.75) is 18.4 Å². The number of benzene rings is 2. The van der Waals surface area contributed by atoms with E-state index < -0.39 is 15.9 Å². The van der Waals surface area contributed by atoms with Crippen LogP contribution in [0.5, 0.6) is 0 Å². The van der Waals surface area contributed by atoms with Crippen molar-refractivity contribution in [3.8, 4) is 11.3 Å². The molecule has 0 aliphatic carbocycles. The molecule has 9 heteroatoms. The predicted molar refractivity (Wildman–Crippen MR) is 114 cm³/mol. The first kappa shape index (κ1) is 20.6. The number of aromatic nitrogens is 1. The minimum atomic E-state index is -3.72. The Labute approximate surface area is 179 Å². The molecule has 8 nitrogen and oxygen atoms in total. The molecule has 1 amide bonds. The highest BCUT2D eigenvalue weighted by Crippen LogP contribution is 2.25. The average molecular weight is 437 g/mol. The van der Waals surface area contributed by atoms with E-state index in [2.05, 4.69) is 15.0 Å². The van der Waals surface area contributed by atoms with E-state index in [1.165, 1.54) is 36.9 Å². The number of hydrogen-bond acceptors (Lipinski definition) is 6.